The fourth-order valence-corrected chi connectivity index (χ4v) is 3.38. The van der Waals surface area contributed by atoms with Gasteiger partial charge >= 0.3 is 0 Å². The lowest BCUT2D eigenvalue weighted by Gasteiger charge is -2.32. The summed E-state index contributed by atoms with van der Waals surface area (Å²) in [6.45, 7) is 3.91. The Bertz CT molecular complexity index is 637. The van der Waals surface area contributed by atoms with Gasteiger partial charge in [0, 0.05) is 6.54 Å². The van der Waals surface area contributed by atoms with Gasteiger partial charge in [-0.15, -0.1) is 12.4 Å². The van der Waals surface area contributed by atoms with Crippen molar-refractivity contribution in [3.63, 3.8) is 0 Å². The summed E-state index contributed by atoms with van der Waals surface area (Å²) in [4.78, 5) is 2.48. The third kappa shape index (κ3) is 6.58. The normalized spacial score (nSPS) is 15.5. The van der Waals surface area contributed by atoms with Crippen molar-refractivity contribution in [3.05, 3.63) is 65.7 Å². The van der Waals surface area contributed by atoms with Crippen molar-refractivity contribution in [1.82, 2.24) is 4.90 Å². The smallest absolute Gasteiger partial charge is 0.123 e. The number of nitrogens with zero attached hydrogens (tertiary/aromatic N) is 1. The molecule has 0 unspecified atom stereocenters. The zero-order chi connectivity index (χ0) is 17.5. The van der Waals surface area contributed by atoms with Crippen molar-refractivity contribution >= 4 is 12.4 Å². The Kier molecular flexibility index (Phi) is 8.33. The molecule has 2 aromatic carbocycles. The Morgan fingerprint density at radius 1 is 0.885 bits per heavy atom. The zero-order valence-electron chi connectivity index (χ0n) is 14.9. The van der Waals surface area contributed by atoms with E-state index in [1.807, 2.05) is 12.1 Å². The maximum absolute atomic E-state index is 13.0. The Morgan fingerprint density at radius 3 is 2.08 bits per heavy atom. The van der Waals surface area contributed by atoms with E-state index in [0.717, 1.165) is 38.2 Å². The minimum absolute atomic E-state index is 0. The lowest BCUT2D eigenvalue weighted by molar-refractivity contribution is 0.170. The van der Waals surface area contributed by atoms with Gasteiger partial charge in [0.2, 0.25) is 0 Å². The average molecular weight is 382 g/mol. The van der Waals surface area contributed by atoms with Crippen molar-refractivity contribution in [3.8, 4) is 5.75 Å². The number of hydrogen-bond acceptors (Lipinski definition) is 2. The molecule has 2 aromatic rings. The van der Waals surface area contributed by atoms with E-state index in [1.54, 1.807) is 24.3 Å². The molecule has 0 bridgehead atoms. The van der Waals surface area contributed by atoms with Crippen molar-refractivity contribution in [2.24, 2.45) is 5.92 Å². The third-order valence-corrected chi connectivity index (χ3v) is 4.85. The van der Waals surface area contributed by atoms with E-state index >= 15 is 0 Å². The minimum Gasteiger partial charge on any atom is -0.494 e. The van der Waals surface area contributed by atoms with Gasteiger partial charge in [0.1, 0.15) is 17.4 Å². The first-order chi connectivity index (χ1) is 12.2. The van der Waals surface area contributed by atoms with Gasteiger partial charge in [0.15, 0.2) is 0 Å². The van der Waals surface area contributed by atoms with E-state index in [2.05, 4.69) is 4.90 Å². The summed E-state index contributed by atoms with van der Waals surface area (Å²) in [6, 6.07) is 13.1. The summed E-state index contributed by atoms with van der Waals surface area (Å²) < 4.78 is 31.4. The molecule has 26 heavy (non-hydrogen) atoms. The van der Waals surface area contributed by atoms with Crippen molar-refractivity contribution in [1.29, 1.82) is 0 Å². The SMILES string of the molecule is Cl.Fc1ccc(CC2CCN(CCCOc3ccc(F)cc3)CC2)cc1. The Balaban J connectivity index is 0.00000243. The number of piperidine rings is 1. The molecule has 0 saturated carbocycles. The molecule has 1 aliphatic rings. The van der Waals surface area contributed by atoms with Crippen LogP contribution in [0.15, 0.2) is 48.5 Å². The van der Waals surface area contributed by atoms with Crippen LogP contribution in [0.2, 0.25) is 0 Å². The standard InChI is InChI=1S/C21H25F2NO.ClH/c22-19-4-2-17(3-5-19)16-18-10-13-24(14-11-18)12-1-15-25-21-8-6-20(23)7-9-21;/h2-9,18H,1,10-16H2;1H. The zero-order valence-corrected chi connectivity index (χ0v) is 15.7. The molecule has 142 valence electrons. The van der Waals surface area contributed by atoms with Crippen molar-refractivity contribution in [2.45, 2.75) is 25.7 Å². The molecule has 1 heterocycles. The largest absolute Gasteiger partial charge is 0.494 e. The maximum Gasteiger partial charge on any atom is 0.123 e. The molecule has 0 aromatic heterocycles. The summed E-state index contributed by atoms with van der Waals surface area (Å²) >= 11 is 0. The van der Waals surface area contributed by atoms with Crippen molar-refractivity contribution in [2.75, 3.05) is 26.2 Å². The van der Waals surface area contributed by atoms with Crippen LogP contribution in [0, 0.1) is 17.6 Å². The van der Waals surface area contributed by atoms with E-state index in [-0.39, 0.29) is 24.0 Å². The van der Waals surface area contributed by atoms with Gasteiger partial charge in [-0.25, -0.2) is 8.78 Å². The Labute approximate surface area is 160 Å². The number of benzene rings is 2. The summed E-state index contributed by atoms with van der Waals surface area (Å²) in [5.74, 6) is 1.01. The summed E-state index contributed by atoms with van der Waals surface area (Å²) in [5, 5.41) is 0. The Morgan fingerprint density at radius 2 is 1.46 bits per heavy atom. The summed E-state index contributed by atoms with van der Waals surface area (Å²) in [7, 11) is 0. The van der Waals surface area contributed by atoms with Gasteiger partial charge in [0.05, 0.1) is 6.61 Å². The van der Waals surface area contributed by atoms with Crippen LogP contribution in [0.5, 0.6) is 5.75 Å². The molecule has 0 atom stereocenters. The van der Waals surface area contributed by atoms with Gasteiger partial charge in [-0.05, 0) is 86.7 Å². The molecule has 0 N–H and O–H groups in total. The lowest BCUT2D eigenvalue weighted by Crippen LogP contribution is -2.35. The van der Waals surface area contributed by atoms with Gasteiger partial charge in [-0.2, -0.15) is 0 Å². The average Bonchev–Trinajstić information content (AvgIpc) is 2.63. The lowest BCUT2D eigenvalue weighted by atomic mass is 9.90. The molecular formula is C21H26ClF2NO. The Hall–Kier alpha value is -1.65. The number of likely N-dealkylation sites (tertiary alicyclic amines) is 1. The van der Waals surface area contributed by atoms with Crippen molar-refractivity contribution < 1.29 is 13.5 Å². The molecule has 0 radical (unpaired) electrons. The molecule has 1 saturated heterocycles. The van der Waals surface area contributed by atoms with Gasteiger partial charge in [0.25, 0.3) is 0 Å². The molecule has 0 aliphatic carbocycles. The highest BCUT2D eigenvalue weighted by molar-refractivity contribution is 5.85. The van der Waals surface area contributed by atoms with E-state index in [0.29, 0.717) is 12.5 Å². The molecule has 0 spiro atoms. The first-order valence-electron chi connectivity index (χ1n) is 9.04. The first-order valence-corrected chi connectivity index (χ1v) is 9.04. The van der Waals surface area contributed by atoms with E-state index in [4.69, 9.17) is 4.74 Å². The second kappa shape index (κ2) is 10.5. The molecule has 1 fully saturated rings. The second-order valence-electron chi connectivity index (χ2n) is 6.77. The monoisotopic (exact) mass is 381 g/mol. The van der Waals surface area contributed by atoms with Gasteiger partial charge < -0.3 is 9.64 Å². The van der Waals surface area contributed by atoms with Gasteiger partial charge in [-0.3, -0.25) is 0 Å². The fourth-order valence-electron chi connectivity index (χ4n) is 3.38. The van der Waals surface area contributed by atoms with Gasteiger partial charge in [-0.1, -0.05) is 12.1 Å². The molecule has 1 aliphatic heterocycles. The topological polar surface area (TPSA) is 12.5 Å². The van der Waals surface area contributed by atoms with Crippen LogP contribution in [0.3, 0.4) is 0 Å². The highest BCUT2D eigenvalue weighted by Gasteiger charge is 2.19. The van der Waals surface area contributed by atoms with Crippen LogP contribution in [0.1, 0.15) is 24.8 Å². The summed E-state index contributed by atoms with van der Waals surface area (Å²) in [5.41, 5.74) is 1.23. The highest BCUT2D eigenvalue weighted by Crippen LogP contribution is 2.22. The van der Waals surface area contributed by atoms with Crippen LogP contribution >= 0.6 is 12.4 Å². The highest BCUT2D eigenvalue weighted by atomic mass is 35.5. The van der Waals surface area contributed by atoms with E-state index < -0.39 is 0 Å². The molecule has 3 rings (SSSR count). The van der Waals surface area contributed by atoms with E-state index in [9.17, 15) is 8.78 Å². The quantitative estimate of drug-likeness (QED) is 0.618. The predicted molar refractivity (Wildman–Crippen MR) is 103 cm³/mol. The molecule has 2 nitrogen and oxygen atoms in total. The summed E-state index contributed by atoms with van der Waals surface area (Å²) in [6.07, 6.45) is 4.40. The van der Waals surface area contributed by atoms with E-state index in [1.165, 1.54) is 30.5 Å². The fraction of sp³-hybridized carbons (Fsp3) is 0.429. The first kappa shape index (κ1) is 20.7. The predicted octanol–water partition coefficient (Wildman–Crippen LogP) is 5.11. The van der Waals surface area contributed by atoms with Crippen LogP contribution < -0.4 is 4.74 Å². The second-order valence-corrected chi connectivity index (χ2v) is 6.77. The van der Waals surface area contributed by atoms with Crippen LogP contribution in [-0.2, 0) is 6.42 Å². The number of rotatable bonds is 7. The number of halogens is 3. The van der Waals surface area contributed by atoms with Crippen LogP contribution in [0.25, 0.3) is 0 Å². The minimum atomic E-state index is -0.240. The molecule has 5 heteroatoms. The number of hydrogen-bond donors (Lipinski definition) is 0. The molecular weight excluding hydrogens is 356 g/mol. The van der Waals surface area contributed by atoms with Crippen LogP contribution in [-0.4, -0.2) is 31.1 Å². The molecule has 0 amide bonds. The number of ether oxygens (including phenoxy) is 1. The maximum atomic E-state index is 13.0. The third-order valence-electron chi connectivity index (χ3n) is 4.85. The van der Waals surface area contributed by atoms with Crippen LogP contribution in [0.4, 0.5) is 8.78 Å².